The fraction of sp³-hybridized carbons (Fsp3) is 0.562. The van der Waals surface area contributed by atoms with E-state index in [1.165, 1.54) is 6.42 Å². The summed E-state index contributed by atoms with van der Waals surface area (Å²) in [7, 11) is 0. The van der Waals surface area contributed by atoms with Gasteiger partial charge in [-0.1, -0.05) is 48.7 Å². The fourth-order valence-electron chi connectivity index (χ4n) is 3.45. The van der Waals surface area contributed by atoms with Gasteiger partial charge in [-0.3, -0.25) is 4.79 Å². The first kappa shape index (κ1) is 15.4. The van der Waals surface area contributed by atoms with Crippen molar-refractivity contribution in [2.24, 2.45) is 17.6 Å². The Hall–Kier alpha value is -1.03. The third-order valence-electron chi connectivity index (χ3n) is 4.41. The van der Waals surface area contributed by atoms with Gasteiger partial charge in [0.25, 0.3) is 0 Å². The van der Waals surface area contributed by atoms with Crippen molar-refractivity contribution in [1.29, 1.82) is 0 Å². The van der Waals surface area contributed by atoms with E-state index < -0.39 is 5.54 Å². The molecule has 1 saturated carbocycles. The van der Waals surface area contributed by atoms with E-state index in [1.807, 2.05) is 24.3 Å². The molecule has 2 atom stereocenters. The van der Waals surface area contributed by atoms with E-state index in [0.717, 1.165) is 29.4 Å². The number of nitrogens with one attached hydrogen (secondary N) is 1. The molecule has 2 unspecified atom stereocenters. The van der Waals surface area contributed by atoms with Crippen molar-refractivity contribution < 1.29 is 4.79 Å². The lowest BCUT2D eigenvalue weighted by Crippen LogP contribution is -2.58. The van der Waals surface area contributed by atoms with Crippen LogP contribution in [0.3, 0.4) is 0 Å². The molecule has 3 nitrogen and oxygen atoms in total. The van der Waals surface area contributed by atoms with Gasteiger partial charge in [-0.25, -0.2) is 0 Å². The maximum Gasteiger partial charge on any atom is 0.243 e. The molecule has 0 heterocycles. The van der Waals surface area contributed by atoms with Crippen LogP contribution in [-0.2, 0) is 4.79 Å². The number of anilines is 1. The van der Waals surface area contributed by atoms with E-state index in [2.05, 4.69) is 35.1 Å². The van der Waals surface area contributed by atoms with Gasteiger partial charge in [-0.05, 0) is 42.9 Å². The van der Waals surface area contributed by atoms with Crippen molar-refractivity contribution in [2.75, 3.05) is 5.32 Å². The van der Waals surface area contributed by atoms with Crippen LogP contribution in [0.25, 0.3) is 0 Å². The number of carbonyl (C=O) groups excluding carboxylic acids is 1. The predicted molar refractivity (Wildman–Crippen MR) is 86.5 cm³/mol. The number of amides is 1. The summed E-state index contributed by atoms with van der Waals surface area (Å²) in [6.45, 7) is 4.35. The molecule has 0 aliphatic heterocycles. The molecule has 0 bridgehead atoms. The number of hydrogen-bond acceptors (Lipinski definition) is 2. The van der Waals surface area contributed by atoms with Crippen molar-refractivity contribution in [3.05, 3.63) is 28.7 Å². The predicted octanol–water partition coefficient (Wildman–Crippen LogP) is 3.93. The van der Waals surface area contributed by atoms with Crippen molar-refractivity contribution in [2.45, 2.75) is 45.1 Å². The highest BCUT2D eigenvalue weighted by Gasteiger charge is 2.46. The number of nitrogens with two attached hydrogens (primary N) is 1. The Morgan fingerprint density at radius 2 is 2.20 bits per heavy atom. The van der Waals surface area contributed by atoms with E-state index in [4.69, 9.17) is 5.73 Å². The standard InChI is InChI=1S/C16H23BrN2O/c1-11(2)14-8-3-4-9-16(14,15(18)20)19-13-7-5-6-12(17)10-13/h5-7,10-11,14,19H,3-4,8-9H2,1-2H3,(H2,18,20). The van der Waals surface area contributed by atoms with Gasteiger partial charge in [0.15, 0.2) is 0 Å². The van der Waals surface area contributed by atoms with E-state index >= 15 is 0 Å². The molecule has 0 spiro atoms. The maximum absolute atomic E-state index is 12.2. The Labute approximate surface area is 129 Å². The smallest absolute Gasteiger partial charge is 0.243 e. The number of carbonyl (C=O) groups is 1. The zero-order chi connectivity index (χ0) is 14.8. The largest absolute Gasteiger partial charge is 0.371 e. The van der Waals surface area contributed by atoms with Crippen molar-refractivity contribution in [3.63, 3.8) is 0 Å². The highest BCUT2D eigenvalue weighted by Crippen LogP contribution is 2.40. The molecule has 0 aromatic heterocycles. The minimum Gasteiger partial charge on any atom is -0.371 e. The van der Waals surface area contributed by atoms with Gasteiger partial charge in [0.05, 0.1) is 0 Å². The first-order valence-electron chi connectivity index (χ1n) is 7.29. The molecule has 1 aliphatic carbocycles. The molecular weight excluding hydrogens is 316 g/mol. The van der Waals surface area contributed by atoms with Crippen LogP contribution in [0.5, 0.6) is 0 Å². The average molecular weight is 339 g/mol. The SMILES string of the molecule is CC(C)C1CCCCC1(Nc1cccc(Br)c1)C(N)=O. The molecule has 110 valence electrons. The van der Waals surface area contributed by atoms with Gasteiger partial charge in [-0.2, -0.15) is 0 Å². The van der Waals surface area contributed by atoms with Gasteiger partial charge in [0.2, 0.25) is 5.91 Å². The van der Waals surface area contributed by atoms with Crippen LogP contribution in [0.2, 0.25) is 0 Å². The summed E-state index contributed by atoms with van der Waals surface area (Å²) in [5.74, 6) is 0.492. The first-order chi connectivity index (χ1) is 9.45. The van der Waals surface area contributed by atoms with Crippen LogP contribution in [0, 0.1) is 11.8 Å². The first-order valence-corrected chi connectivity index (χ1v) is 8.08. The monoisotopic (exact) mass is 338 g/mol. The van der Waals surface area contributed by atoms with Gasteiger partial charge in [-0.15, -0.1) is 0 Å². The second-order valence-electron chi connectivity index (χ2n) is 6.07. The molecule has 1 fully saturated rings. The van der Waals surface area contributed by atoms with Gasteiger partial charge in [0, 0.05) is 10.2 Å². The molecule has 4 heteroatoms. The van der Waals surface area contributed by atoms with Crippen molar-refractivity contribution in [1.82, 2.24) is 0 Å². The number of halogens is 1. The number of primary amides is 1. The Bertz CT molecular complexity index is 489. The van der Waals surface area contributed by atoms with Crippen molar-refractivity contribution in [3.8, 4) is 0 Å². The molecular formula is C16H23BrN2O. The fourth-order valence-corrected chi connectivity index (χ4v) is 3.85. The van der Waals surface area contributed by atoms with Crippen LogP contribution < -0.4 is 11.1 Å². The summed E-state index contributed by atoms with van der Waals surface area (Å²) < 4.78 is 0.999. The van der Waals surface area contributed by atoms with Gasteiger partial charge >= 0.3 is 0 Å². The summed E-state index contributed by atoms with van der Waals surface area (Å²) in [4.78, 5) is 12.2. The minimum absolute atomic E-state index is 0.226. The van der Waals surface area contributed by atoms with Gasteiger partial charge < -0.3 is 11.1 Å². The lowest BCUT2D eigenvalue weighted by Gasteiger charge is -2.45. The molecule has 2 rings (SSSR count). The molecule has 1 amide bonds. The highest BCUT2D eigenvalue weighted by molar-refractivity contribution is 9.10. The van der Waals surface area contributed by atoms with Crippen molar-refractivity contribution >= 4 is 27.5 Å². The highest BCUT2D eigenvalue weighted by atomic mass is 79.9. The van der Waals surface area contributed by atoms with Crippen LogP contribution in [0.15, 0.2) is 28.7 Å². The van der Waals surface area contributed by atoms with E-state index in [-0.39, 0.29) is 11.8 Å². The Morgan fingerprint density at radius 1 is 1.45 bits per heavy atom. The molecule has 0 saturated heterocycles. The topological polar surface area (TPSA) is 55.1 Å². The van der Waals surface area contributed by atoms with E-state index in [9.17, 15) is 4.79 Å². The molecule has 0 radical (unpaired) electrons. The Balaban J connectivity index is 2.35. The van der Waals surface area contributed by atoms with E-state index in [0.29, 0.717) is 5.92 Å². The van der Waals surface area contributed by atoms with Gasteiger partial charge in [0.1, 0.15) is 5.54 Å². The van der Waals surface area contributed by atoms with Crippen LogP contribution in [0.1, 0.15) is 39.5 Å². The Morgan fingerprint density at radius 3 is 2.80 bits per heavy atom. The average Bonchev–Trinajstić information content (AvgIpc) is 2.38. The summed E-state index contributed by atoms with van der Waals surface area (Å²) in [5, 5.41) is 3.46. The third kappa shape index (κ3) is 3.00. The van der Waals surface area contributed by atoms with Crippen LogP contribution >= 0.6 is 15.9 Å². The maximum atomic E-state index is 12.2. The summed E-state index contributed by atoms with van der Waals surface area (Å²) in [5.41, 5.74) is 6.14. The summed E-state index contributed by atoms with van der Waals surface area (Å²) >= 11 is 3.47. The second kappa shape index (κ2) is 6.17. The lowest BCUT2D eigenvalue weighted by molar-refractivity contribution is -0.126. The lowest BCUT2D eigenvalue weighted by atomic mass is 9.67. The molecule has 3 N–H and O–H groups in total. The number of rotatable bonds is 4. The summed E-state index contributed by atoms with van der Waals surface area (Å²) in [6.07, 6.45) is 4.10. The van der Waals surface area contributed by atoms with Crippen LogP contribution in [-0.4, -0.2) is 11.4 Å². The van der Waals surface area contributed by atoms with Crippen LogP contribution in [0.4, 0.5) is 5.69 Å². The van der Waals surface area contributed by atoms with E-state index in [1.54, 1.807) is 0 Å². The molecule has 20 heavy (non-hydrogen) atoms. The zero-order valence-corrected chi connectivity index (χ0v) is 13.7. The Kier molecular flexibility index (Phi) is 4.74. The second-order valence-corrected chi connectivity index (χ2v) is 6.98. The minimum atomic E-state index is -0.618. The quantitative estimate of drug-likeness (QED) is 0.873. The summed E-state index contributed by atoms with van der Waals surface area (Å²) in [6, 6.07) is 7.93. The number of benzene rings is 1. The zero-order valence-electron chi connectivity index (χ0n) is 12.2. The molecule has 1 aromatic carbocycles. The third-order valence-corrected chi connectivity index (χ3v) is 4.90. The number of hydrogen-bond donors (Lipinski definition) is 2. The molecule has 1 aliphatic rings. The normalized spacial score (nSPS) is 26.5. The molecule has 1 aromatic rings.